The minimum absolute atomic E-state index is 0.0811. The monoisotopic (exact) mass is 329 g/mol. The highest BCUT2D eigenvalue weighted by Crippen LogP contribution is 2.13. The third-order valence-electron chi connectivity index (χ3n) is 2.91. The van der Waals surface area contributed by atoms with Gasteiger partial charge in [0.05, 0.1) is 24.7 Å². The fourth-order valence-corrected chi connectivity index (χ4v) is 2.60. The first kappa shape index (κ1) is 18.6. The molecule has 7 nitrogen and oxygen atoms in total. The van der Waals surface area contributed by atoms with Crippen LogP contribution in [0.4, 0.5) is 0 Å². The number of nitrogens with one attached hydrogen (secondary N) is 1. The molecule has 22 heavy (non-hydrogen) atoms. The first-order chi connectivity index (χ1) is 10.4. The van der Waals surface area contributed by atoms with Gasteiger partial charge in [-0.05, 0) is 25.5 Å². The number of esters is 1. The fourth-order valence-electron chi connectivity index (χ4n) is 1.68. The Kier molecular flexibility index (Phi) is 7.53. The smallest absolute Gasteiger partial charge is 0.361 e. The largest absolute Gasteiger partial charge is 0.468 e. The van der Waals surface area contributed by atoms with Crippen LogP contribution in [-0.2, 0) is 28.5 Å². The van der Waals surface area contributed by atoms with Crippen LogP contribution in [0.25, 0.3) is 0 Å². The molecule has 0 saturated carbocycles. The Morgan fingerprint density at radius 2 is 1.91 bits per heavy atom. The molecule has 0 fully saturated rings. The number of rotatable bonds is 9. The van der Waals surface area contributed by atoms with Crippen molar-refractivity contribution in [2.45, 2.75) is 24.3 Å². The van der Waals surface area contributed by atoms with E-state index in [1.807, 2.05) is 6.92 Å². The number of ether oxygens (including phenoxy) is 1. The predicted octanol–water partition coefficient (Wildman–Crippen LogP) is 0.135. The molecule has 0 aromatic heterocycles. The van der Waals surface area contributed by atoms with Crippen LogP contribution in [0.5, 0.6) is 0 Å². The van der Waals surface area contributed by atoms with Crippen molar-refractivity contribution in [2.75, 3.05) is 20.8 Å². The van der Waals surface area contributed by atoms with Gasteiger partial charge < -0.3 is 14.6 Å². The Morgan fingerprint density at radius 1 is 1.27 bits per heavy atom. The highest BCUT2D eigenvalue weighted by atomic mass is 32.2. The molecule has 0 spiro atoms. The van der Waals surface area contributed by atoms with Crippen LogP contribution < -0.4 is 5.23 Å². The molecule has 1 N–H and O–H groups in total. The van der Waals surface area contributed by atoms with E-state index in [-0.39, 0.29) is 25.5 Å². The van der Waals surface area contributed by atoms with E-state index in [1.54, 1.807) is 12.1 Å². The number of benzene rings is 1. The zero-order valence-corrected chi connectivity index (χ0v) is 13.7. The van der Waals surface area contributed by atoms with Crippen molar-refractivity contribution in [3.05, 3.63) is 29.8 Å². The molecular weight excluding hydrogens is 309 g/mol. The Bertz CT molecular complexity index is 575. The maximum atomic E-state index is 12.0. The molecule has 0 aliphatic rings. The van der Waals surface area contributed by atoms with Crippen molar-refractivity contribution < 1.29 is 26.8 Å². The van der Waals surface area contributed by atoms with Crippen LogP contribution in [0.15, 0.2) is 29.2 Å². The van der Waals surface area contributed by atoms with Gasteiger partial charge in [-0.1, -0.05) is 17.7 Å². The third kappa shape index (κ3) is 5.76. The minimum atomic E-state index is -3.84. The van der Waals surface area contributed by atoms with E-state index < -0.39 is 22.1 Å². The van der Waals surface area contributed by atoms with Gasteiger partial charge in [0.15, 0.2) is 0 Å². The molecule has 122 valence electrons. The second kappa shape index (κ2) is 8.89. The summed E-state index contributed by atoms with van der Waals surface area (Å²) >= 11 is 0. The number of carbonyl (C=O) groups is 1. The summed E-state index contributed by atoms with van der Waals surface area (Å²) in [7, 11) is -0.964. The molecule has 1 aromatic carbocycles. The lowest BCUT2D eigenvalue weighted by Crippen LogP contribution is -2.41. The van der Waals surface area contributed by atoms with Gasteiger partial charge in [0.1, 0.15) is 0 Å². The molecule has 0 aliphatic carbocycles. The van der Waals surface area contributed by atoms with Gasteiger partial charge in [0, 0.05) is 7.11 Å². The second-order valence-corrected chi connectivity index (χ2v) is 6.21. The van der Waals surface area contributed by atoms with E-state index in [0.29, 0.717) is 0 Å². The van der Waals surface area contributed by atoms with Crippen molar-refractivity contribution in [1.82, 2.24) is 5.23 Å². The van der Waals surface area contributed by atoms with Crippen molar-refractivity contribution in [3.8, 4) is 0 Å². The standard InChI is InChI=1S/C13H20BNO6S/c1-10-4-6-11(7-5-10)22(17,18)21-9-8-12(13(16)19-2)15-14-20-3/h4-7,12,14-15H,8-9H2,1-3H3/t12-/m0/s1. The second-order valence-electron chi connectivity index (χ2n) is 4.59. The highest BCUT2D eigenvalue weighted by Gasteiger charge is 2.21. The van der Waals surface area contributed by atoms with Crippen LogP contribution in [0.3, 0.4) is 0 Å². The van der Waals surface area contributed by atoms with Gasteiger partial charge in [-0.2, -0.15) is 8.42 Å². The van der Waals surface area contributed by atoms with E-state index in [1.165, 1.54) is 26.4 Å². The number of hydrogen-bond acceptors (Lipinski definition) is 7. The SMILES string of the molecule is COBN[C@@H](CCOS(=O)(=O)c1ccc(C)cc1)C(=O)OC. The molecule has 0 radical (unpaired) electrons. The highest BCUT2D eigenvalue weighted by molar-refractivity contribution is 7.86. The van der Waals surface area contributed by atoms with Gasteiger partial charge in [0.2, 0.25) is 0 Å². The van der Waals surface area contributed by atoms with E-state index in [4.69, 9.17) is 8.84 Å². The first-order valence-electron chi connectivity index (χ1n) is 6.67. The average molecular weight is 329 g/mol. The van der Waals surface area contributed by atoms with Crippen LogP contribution in [0, 0.1) is 6.92 Å². The molecule has 0 unspecified atom stereocenters. The Hall–Kier alpha value is -1.42. The number of hydrogen-bond donors (Lipinski definition) is 1. The van der Waals surface area contributed by atoms with E-state index in [9.17, 15) is 13.2 Å². The quantitative estimate of drug-likeness (QED) is 0.391. The Balaban J connectivity index is 2.59. The molecule has 1 rings (SSSR count). The van der Waals surface area contributed by atoms with Crippen LogP contribution in [-0.4, -0.2) is 48.9 Å². The molecule has 1 atom stereocenters. The van der Waals surface area contributed by atoms with Gasteiger partial charge in [-0.3, -0.25) is 8.98 Å². The van der Waals surface area contributed by atoms with E-state index in [0.717, 1.165) is 5.56 Å². The summed E-state index contributed by atoms with van der Waals surface area (Å²) in [5.74, 6) is -0.506. The number of aryl methyl sites for hydroxylation is 1. The van der Waals surface area contributed by atoms with E-state index >= 15 is 0 Å². The zero-order valence-electron chi connectivity index (χ0n) is 12.9. The van der Waals surface area contributed by atoms with Gasteiger partial charge in [-0.15, -0.1) is 0 Å². The topological polar surface area (TPSA) is 90.9 Å². The molecule has 0 heterocycles. The van der Waals surface area contributed by atoms with Gasteiger partial charge >= 0.3 is 13.6 Å². The van der Waals surface area contributed by atoms with Crippen LogP contribution in [0.1, 0.15) is 12.0 Å². The predicted molar refractivity (Wildman–Crippen MR) is 82.0 cm³/mol. The maximum absolute atomic E-state index is 12.0. The molecule has 0 bridgehead atoms. The minimum Gasteiger partial charge on any atom is -0.468 e. The lowest BCUT2D eigenvalue weighted by molar-refractivity contribution is -0.143. The molecule has 0 saturated heterocycles. The van der Waals surface area contributed by atoms with Gasteiger partial charge in [0.25, 0.3) is 10.1 Å². The summed E-state index contributed by atoms with van der Waals surface area (Å²) in [6.07, 6.45) is 0.140. The number of methoxy groups -OCH3 is 1. The summed E-state index contributed by atoms with van der Waals surface area (Å²) in [6.45, 7) is 1.71. The third-order valence-corrected chi connectivity index (χ3v) is 4.24. The average Bonchev–Trinajstić information content (AvgIpc) is 2.50. The normalized spacial score (nSPS) is 12.7. The lowest BCUT2D eigenvalue weighted by Gasteiger charge is -2.15. The van der Waals surface area contributed by atoms with Crippen LogP contribution >= 0.6 is 0 Å². The summed E-state index contributed by atoms with van der Waals surface area (Å²) in [4.78, 5) is 11.6. The Labute approximate surface area is 131 Å². The summed E-state index contributed by atoms with van der Waals surface area (Å²) < 4.78 is 38.4. The van der Waals surface area contributed by atoms with Crippen molar-refractivity contribution >= 4 is 23.7 Å². The Morgan fingerprint density at radius 3 is 2.45 bits per heavy atom. The first-order valence-corrected chi connectivity index (χ1v) is 8.07. The summed E-state index contributed by atoms with van der Waals surface area (Å²) in [5.41, 5.74) is 0.952. The molecule has 0 aliphatic heterocycles. The van der Waals surface area contributed by atoms with Crippen molar-refractivity contribution in [1.29, 1.82) is 0 Å². The van der Waals surface area contributed by atoms with Crippen molar-refractivity contribution in [2.24, 2.45) is 0 Å². The molecule has 0 amide bonds. The van der Waals surface area contributed by atoms with Gasteiger partial charge in [-0.25, -0.2) is 0 Å². The molecule has 1 aromatic rings. The van der Waals surface area contributed by atoms with E-state index in [2.05, 4.69) is 9.96 Å². The lowest BCUT2D eigenvalue weighted by atomic mass is 10.1. The molecule has 9 heteroatoms. The molecular formula is C13H20BNO6S. The van der Waals surface area contributed by atoms with Crippen molar-refractivity contribution in [3.63, 3.8) is 0 Å². The maximum Gasteiger partial charge on any atom is 0.361 e. The number of carbonyl (C=O) groups excluding carboxylic acids is 1. The summed E-state index contributed by atoms with van der Waals surface area (Å²) in [5, 5.41) is 2.78. The fraction of sp³-hybridized carbons (Fsp3) is 0.462. The summed E-state index contributed by atoms with van der Waals surface area (Å²) in [6, 6.07) is 5.64. The van der Waals surface area contributed by atoms with Crippen LogP contribution in [0.2, 0.25) is 0 Å². The zero-order chi connectivity index (χ0) is 16.6.